The fourth-order valence-electron chi connectivity index (χ4n) is 5.06. The van der Waals surface area contributed by atoms with Crippen molar-refractivity contribution >= 4 is 23.6 Å². The Labute approximate surface area is 155 Å². The summed E-state index contributed by atoms with van der Waals surface area (Å²) in [4.78, 5) is 56.1. The molecule has 3 heterocycles. The van der Waals surface area contributed by atoms with Gasteiger partial charge >= 0.3 is 0 Å². The standard InChI is InChI=1S/C19H20FN3O4/c1-4-19-14-13(16(25)22(3)17(14)26)12(9-21(2)18(19)27)23(19)15(24)10-5-7-11(20)8-6-10/h5-8,12-14H,4,9H2,1-3H3/t12?,13?,14?,19-/m1/s1. The van der Waals surface area contributed by atoms with E-state index < -0.39 is 41.0 Å². The van der Waals surface area contributed by atoms with Crippen molar-refractivity contribution in [2.75, 3.05) is 20.6 Å². The van der Waals surface area contributed by atoms with E-state index >= 15 is 0 Å². The molecule has 0 N–H and O–H groups in total. The smallest absolute Gasteiger partial charge is 0.255 e. The zero-order chi connectivity index (χ0) is 19.7. The molecule has 1 aromatic rings. The van der Waals surface area contributed by atoms with Crippen LogP contribution in [0.25, 0.3) is 0 Å². The normalized spacial score (nSPS) is 32.4. The first kappa shape index (κ1) is 17.6. The summed E-state index contributed by atoms with van der Waals surface area (Å²) in [6, 6.07) is 4.48. The molecule has 142 valence electrons. The summed E-state index contributed by atoms with van der Waals surface area (Å²) in [6.07, 6.45) is 0.216. The number of hydrogen-bond donors (Lipinski definition) is 0. The third-order valence-corrected chi connectivity index (χ3v) is 6.29. The van der Waals surface area contributed by atoms with Crippen LogP contribution < -0.4 is 0 Å². The Morgan fingerprint density at radius 3 is 2.37 bits per heavy atom. The van der Waals surface area contributed by atoms with E-state index in [0.29, 0.717) is 0 Å². The Hall–Kier alpha value is -2.77. The fourth-order valence-corrected chi connectivity index (χ4v) is 5.06. The highest BCUT2D eigenvalue weighted by atomic mass is 19.1. The SMILES string of the molecule is CC[C@]12C(=O)N(C)CC(C3C(=O)N(C)C(=O)C31)N2C(=O)c1ccc(F)cc1. The first-order chi connectivity index (χ1) is 12.8. The molecule has 0 radical (unpaired) electrons. The van der Waals surface area contributed by atoms with Crippen molar-refractivity contribution < 1.29 is 23.6 Å². The highest BCUT2D eigenvalue weighted by Gasteiger charge is 2.74. The monoisotopic (exact) mass is 373 g/mol. The van der Waals surface area contributed by atoms with Gasteiger partial charge in [-0.05, 0) is 30.7 Å². The van der Waals surface area contributed by atoms with E-state index in [2.05, 4.69) is 0 Å². The van der Waals surface area contributed by atoms with Gasteiger partial charge in [-0.25, -0.2) is 4.39 Å². The molecule has 3 saturated heterocycles. The van der Waals surface area contributed by atoms with E-state index in [-0.39, 0.29) is 30.3 Å². The summed E-state index contributed by atoms with van der Waals surface area (Å²) < 4.78 is 13.3. The first-order valence-corrected chi connectivity index (χ1v) is 8.92. The van der Waals surface area contributed by atoms with Gasteiger partial charge in [0.2, 0.25) is 17.7 Å². The lowest BCUT2D eigenvalue weighted by Crippen LogP contribution is -2.68. The maximum absolute atomic E-state index is 13.3. The number of benzene rings is 1. The van der Waals surface area contributed by atoms with Crippen molar-refractivity contribution in [3.63, 3.8) is 0 Å². The fraction of sp³-hybridized carbons (Fsp3) is 0.474. The quantitative estimate of drug-likeness (QED) is 0.708. The van der Waals surface area contributed by atoms with E-state index in [9.17, 15) is 23.6 Å². The number of rotatable bonds is 2. The van der Waals surface area contributed by atoms with Crippen LogP contribution in [0.1, 0.15) is 23.7 Å². The summed E-state index contributed by atoms with van der Waals surface area (Å²) in [5, 5.41) is 0. The van der Waals surface area contributed by atoms with E-state index in [4.69, 9.17) is 0 Å². The van der Waals surface area contributed by atoms with Gasteiger partial charge in [-0.1, -0.05) is 6.92 Å². The summed E-state index contributed by atoms with van der Waals surface area (Å²) in [7, 11) is 3.04. The van der Waals surface area contributed by atoms with Gasteiger partial charge in [-0.15, -0.1) is 0 Å². The summed E-state index contributed by atoms with van der Waals surface area (Å²) in [6.45, 7) is 1.93. The van der Waals surface area contributed by atoms with Crippen LogP contribution in [0.5, 0.6) is 0 Å². The number of piperazine rings is 1. The molecule has 0 aromatic heterocycles. The summed E-state index contributed by atoms with van der Waals surface area (Å²) in [5.74, 6) is -3.66. The van der Waals surface area contributed by atoms with Crippen LogP contribution in [-0.2, 0) is 14.4 Å². The molecule has 0 aliphatic carbocycles. The van der Waals surface area contributed by atoms with Gasteiger partial charge in [0, 0.05) is 26.2 Å². The van der Waals surface area contributed by atoms with Gasteiger partial charge in [0.25, 0.3) is 5.91 Å². The van der Waals surface area contributed by atoms with E-state index in [1.54, 1.807) is 14.0 Å². The second-order valence-electron chi connectivity index (χ2n) is 7.45. The number of carbonyl (C=O) groups excluding carboxylic acids is 4. The van der Waals surface area contributed by atoms with Gasteiger partial charge in [0.1, 0.15) is 11.4 Å². The minimum Gasteiger partial charge on any atom is -0.342 e. The van der Waals surface area contributed by atoms with Crippen LogP contribution in [-0.4, -0.2) is 70.5 Å². The zero-order valence-electron chi connectivity index (χ0n) is 15.3. The molecule has 4 atom stereocenters. The first-order valence-electron chi connectivity index (χ1n) is 8.92. The Balaban J connectivity index is 1.89. The molecule has 27 heavy (non-hydrogen) atoms. The third-order valence-electron chi connectivity index (χ3n) is 6.29. The number of likely N-dealkylation sites (tertiary alicyclic amines) is 2. The molecule has 4 rings (SSSR count). The Kier molecular flexibility index (Phi) is 3.66. The molecule has 3 aliphatic heterocycles. The van der Waals surface area contributed by atoms with Crippen LogP contribution in [0.4, 0.5) is 4.39 Å². The van der Waals surface area contributed by atoms with Gasteiger partial charge in [-0.2, -0.15) is 0 Å². The largest absolute Gasteiger partial charge is 0.342 e. The lowest BCUT2D eigenvalue weighted by atomic mass is 9.78. The highest BCUT2D eigenvalue weighted by Crippen LogP contribution is 2.53. The Morgan fingerprint density at radius 2 is 1.78 bits per heavy atom. The molecule has 3 unspecified atom stereocenters. The van der Waals surface area contributed by atoms with Crippen molar-refractivity contribution in [1.82, 2.24) is 14.7 Å². The van der Waals surface area contributed by atoms with Gasteiger partial charge in [-0.3, -0.25) is 24.1 Å². The van der Waals surface area contributed by atoms with Crippen LogP contribution in [0.3, 0.4) is 0 Å². The van der Waals surface area contributed by atoms with Crippen molar-refractivity contribution in [2.45, 2.75) is 24.9 Å². The number of fused-ring (bicyclic) bond motifs is 5. The molecule has 2 bridgehead atoms. The molecule has 3 fully saturated rings. The highest BCUT2D eigenvalue weighted by molar-refractivity contribution is 6.13. The predicted octanol–water partition coefficient (Wildman–Crippen LogP) is 0.502. The number of halogens is 1. The molecule has 3 aliphatic rings. The van der Waals surface area contributed by atoms with Crippen LogP contribution in [0, 0.1) is 17.7 Å². The van der Waals surface area contributed by atoms with Crippen LogP contribution in [0.15, 0.2) is 24.3 Å². The number of imide groups is 1. The van der Waals surface area contributed by atoms with Gasteiger partial charge in [0.15, 0.2) is 0 Å². The second kappa shape index (κ2) is 5.61. The minimum atomic E-state index is -1.40. The molecular weight excluding hydrogens is 353 g/mol. The average molecular weight is 373 g/mol. The number of nitrogens with zero attached hydrogens (tertiary/aromatic N) is 3. The molecule has 1 aromatic carbocycles. The molecule has 0 saturated carbocycles. The van der Waals surface area contributed by atoms with E-state index in [1.165, 1.54) is 41.1 Å². The van der Waals surface area contributed by atoms with Crippen molar-refractivity contribution in [3.8, 4) is 0 Å². The number of likely N-dealkylation sites (N-methyl/N-ethyl adjacent to an activating group) is 1. The number of amides is 4. The number of hydrogen-bond acceptors (Lipinski definition) is 4. The Morgan fingerprint density at radius 1 is 1.15 bits per heavy atom. The van der Waals surface area contributed by atoms with Crippen LogP contribution >= 0.6 is 0 Å². The average Bonchev–Trinajstić information content (AvgIpc) is 3.03. The van der Waals surface area contributed by atoms with Crippen LogP contribution in [0.2, 0.25) is 0 Å². The maximum atomic E-state index is 13.3. The maximum Gasteiger partial charge on any atom is 0.255 e. The molecule has 0 spiro atoms. The summed E-state index contributed by atoms with van der Waals surface area (Å²) in [5.41, 5.74) is -1.17. The van der Waals surface area contributed by atoms with Crippen molar-refractivity contribution in [3.05, 3.63) is 35.6 Å². The molecule has 8 heteroatoms. The van der Waals surface area contributed by atoms with E-state index in [1.807, 2.05) is 0 Å². The van der Waals surface area contributed by atoms with Crippen molar-refractivity contribution in [1.29, 1.82) is 0 Å². The Bertz CT molecular complexity index is 870. The summed E-state index contributed by atoms with van der Waals surface area (Å²) >= 11 is 0. The number of carbonyl (C=O) groups is 4. The lowest BCUT2D eigenvalue weighted by molar-refractivity contribution is -0.155. The predicted molar refractivity (Wildman–Crippen MR) is 91.8 cm³/mol. The molecular formula is C19H20FN3O4. The third kappa shape index (κ3) is 2.01. The molecule has 4 amide bonds. The zero-order valence-corrected chi connectivity index (χ0v) is 15.3. The van der Waals surface area contributed by atoms with E-state index in [0.717, 1.165) is 4.90 Å². The van der Waals surface area contributed by atoms with Gasteiger partial charge in [0.05, 0.1) is 17.9 Å². The lowest BCUT2D eigenvalue weighted by Gasteiger charge is -2.48. The minimum absolute atomic E-state index is 0.182. The van der Waals surface area contributed by atoms with Gasteiger partial charge < -0.3 is 9.80 Å². The second-order valence-corrected chi connectivity index (χ2v) is 7.45. The molecule has 7 nitrogen and oxygen atoms in total. The topological polar surface area (TPSA) is 78.0 Å². The van der Waals surface area contributed by atoms with Crippen molar-refractivity contribution in [2.24, 2.45) is 11.8 Å².